The van der Waals surface area contributed by atoms with Gasteiger partial charge < -0.3 is 4.74 Å². The molecule has 0 aromatic rings. The molecule has 72 valence electrons. The topological polar surface area (TPSA) is 29.5 Å². The van der Waals surface area contributed by atoms with Crippen LogP contribution in [0.2, 0.25) is 0 Å². The summed E-state index contributed by atoms with van der Waals surface area (Å²) in [5.74, 6) is 2.97. The first kappa shape index (κ1) is 9.91. The first-order chi connectivity index (χ1) is 6.34. The van der Waals surface area contributed by atoms with Crippen molar-refractivity contribution < 1.29 is 9.53 Å². The monoisotopic (exact) mass is 181 g/mol. The second kappa shape index (κ2) is 5.47. The van der Waals surface area contributed by atoms with Crippen molar-refractivity contribution in [2.75, 3.05) is 13.2 Å². The van der Waals surface area contributed by atoms with Crippen molar-refractivity contribution in [3.05, 3.63) is 0 Å². The molecule has 1 rings (SSSR count). The number of unbranched alkanes of at least 4 members (excludes halogenated alkanes) is 3. The van der Waals surface area contributed by atoms with Gasteiger partial charge in [0.1, 0.15) is 6.61 Å². The minimum Gasteiger partial charge on any atom is -0.447 e. The van der Waals surface area contributed by atoms with Gasteiger partial charge in [-0.2, -0.15) is 0 Å². The van der Waals surface area contributed by atoms with Gasteiger partial charge in [0, 0.05) is 12.5 Å². The van der Waals surface area contributed by atoms with Crippen molar-refractivity contribution in [2.24, 2.45) is 0 Å². The van der Waals surface area contributed by atoms with Crippen LogP contribution in [0.1, 0.15) is 32.6 Å². The zero-order valence-corrected chi connectivity index (χ0v) is 8.01. The van der Waals surface area contributed by atoms with Crippen LogP contribution < -0.4 is 0 Å². The highest BCUT2D eigenvalue weighted by atomic mass is 16.6. The Labute approximate surface area is 79.1 Å². The molecule has 0 saturated carbocycles. The lowest BCUT2D eigenvalue weighted by atomic mass is 10.2. The molecule has 0 spiro atoms. The molecule has 1 aliphatic heterocycles. The van der Waals surface area contributed by atoms with Crippen LogP contribution in [-0.2, 0) is 4.74 Å². The van der Waals surface area contributed by atoms with E-state index >= 15 is 0 Å². The van der Waals surface area contributed by atoms with E-state index < -0.39 is 0 Å². The molecule has 1 saturated heterocycles. The number of carbonyl (C=O) groups excluding carboxylic acids is 1. The van der Waals surface area contributed by atoms with Crippen molar-refractivity contribution in [3.8, 4) is 12.0 Å². The fourth-order valence-corrected chi connectivity index (χ4v) is 1.11. The molecular weight excluding hydrogens is 166 g/mol. The second-order valence-corrected chi connectivity index (χ2v) is 3.01. The van der Waals surface area contributed by atoms with Crippen LogP contribution in [0.3, 0.4) is 0 Å². The summed E-state index contributed by atoms with van der Waals surface area (Å²) in [7, 11) is 0. The molecule has 0 radical (unpaired) electrons. The summed E-state index contributed by atoms with van der Waals surface area (Å²) in [6.07, 6.45) is 4.10. The molecule has 1 fully saturated rings. The van der Waals surface area contributed by atoms with E-state index in [1.54, 1.807) is 0 Å². The minimum absolute atomic E-state index is 0.303. The molecule has 0 aromatic carbocycles. The zero-order valence-electron chi connectivity index (χ0n) is 8.01. The SMILES string of the molecule is CCCCCC#CN1CCOC1=O. The van der Waals surface area contributed by atoms with E-state index in [9.17, 15) is 4.79 Å². The van der Waals surface area contributed by atoms with Crippen LogP contribution in [0, 0.1) is 12.0 Å². The van der Waals surface area contributed by atoms with Gasteiger partial charge >= 0.3 is 6.09 Å². The van der Waals surface area contributed by atoms with Gasteiger partial charge in [0.15, 0.2) is 0 Å². The van der Waals surface area contributed by atoms with Crippen molar-refractivity contribution in [2.45, 2.75) is 32.6 Å². The molecule has 0 bridgehead atoms. The van der Waals surface area contributed by atoms with Crippen molar-refractivity contribution in [1.29, 1.82) is 0 Å². The second-order valence-electron chi connectivity index (χ2n) is 3.01. The summed E-state index contributed by atoms with van der Waals surface area (Å²) >= 11 is 0. The molecule has 0 unspecified atom stereocenters. The summed E-state index contributed by atoms with van der Waals surface area (Å²) in [5.41, 5.74) is 0. The smallest absolute Gasteiger partial charge is 0.421 e. The standard InChI is InChI=1S/C10H15NO2/c1-2-3-4-5-6-7-11-8-9-13-10(11)12/h2-5,8-9H2,1H3. The van der Waals surface area contributed by atoms with Crippen LogP contribution in [0.25, 0.3) is 0 Å². The molecule has 3 heteroatoms. The number of hydrogen-bond donors (Lipinski definition) is 0. The Hall–Kier alpha value is -1.17. The highest BCUT2D eigenvalue weighted by Gasteiger charge is 2.19. The summed E-state index contributed by atoms with van der Waals surface area (Å²) in [6.45, 7) is 3.24. The Morgan fingerprint density at radius 3 is 3.00 bits per heavy atom. The molecule has 1 heterocycles. The lowest BCUT2D eigenvalue weighted by Crippen LogP contribution is -2.17. The normalized spacial score (nSPS) is 15.2. The molecule has 0 N–H and O–H groups in total. The maximum absolute atomic E-state index is 10.9. The molecular formula is C10H15NO2. The number of rotatable bonds is 3. The maximum atomic E-state index is 10.9. The van der Waals surface area contributed by atoms with Crippen LogP contribution in [-0.4, -0.2) is 24.1 Å². The number of amides is 1. The lowest BCUT2D eigenvalue weighted by molar-refractivity contribution is 0.167. The molecule has 0 aromatic heterocycles. The zero-order chi connectivity index (χ0) is 9.52. The minimum atomic E-state index is -0.303. The Balaban J connectivity index is 2.18. The Kier molecular flexibility index (Phi) is 4.17. The number of ether oxygens (including phenoxy) is 1. The van der Waals surface area contributed by atoms with Gasteiger partial charge in [0.2, 0.25) is 0 Å². The third kappa shape index (κ3) is 3.37. The van der Waals surface area contributed by atoms with Gasteiger partial charge in [0.05, 0.1) is 6.54 Å². The summed E-state index contributed by atoms with van der Waals surface area (Å²) in [4.78, 5) is 12.3. The lowest BCUT2D eigenvalue weighted by Gasteiger charge is -1.99. The summed E-state index contributed by atoms with van der Waals surface area (Å²) in [6, 6.07) is 2.80. The molecule has 1 aliphatic rings. The van der Waals surface area contributed by atoms with Gasteiger partial charge in [-0.05, 0) is 6.42 Å². The van der Waals surface area contributed by atoms with Gasteiger partial charge in [-0.25, -0.2) is 9.69 Å². The molecule has 3 nitrogen and oxygen atoms in total. The predicted molar refractivity (Wildman–Crippen MR) is 50.0 cm³/mol. The number of hydrogen-bond acceptors (Lipinski definition) is 2. The Morgan fingerprint density at radius 2 is 2.38 bits per heavy atom. The predicted octanol–water partition coefficient (Wildman–Crippen LogP) is 1.98. The molecule has 0 aliphatic carbocycles. The molecule has 0 atom stereocenters. The van der Waals surface area contributed by atoms with Crippen LogP contribution >= 0.6 is 0 Å². The van der Waals surface area contributed by atoms with E-state index in [1.165, 1.54) is 17.7 Å². The largest absolute Gasteiger partial charge is 0.447 e. The van der Waals surface area contributed by atoms with Gasteiger partial charge in [-0.15, -0.1) is 0 Å². The first-order valence-corrected chi connectivity index (χ1v) is 4.77. The number of carbonyl (C=O) groups is 1. The van der Waals surface area contributed by atoms with Crippen molar-refractivity contribution in [3.63, 3.8) is 0 Å². The van der Waals surface area contributed by atoms with Crippen molar-refractivity contribution in [1.82, 2.24) is 4.90 Å². The third-order valence-electron chi connectivity index (χ3n) is 1.88. The first-order valence-electron chi connectivity index (χ1n) is 4.77. The maximum Gasteiger partial charge on any atom is 0.421 e. The number of nitrogens with zero attached hydrogens (tertiary/aromatic N) is 1. The fraction of sp³-hybridized carbons (Fsp3) is 0.700. The summed E-state index contributed by atoms with van der Waals surface area (Å²) in [5, 5.41) is 0. The summed E-state index contributed by atoms with van der Waals surface area (Å²) < 4.78 is 4.73. The van der Waals surface area contributed by atoms with Crippen LogP contribution in [0.4, 0.5) is 4.79 Å². The highest BCUT2D eigenvalue weighted by molar-refractivity contribution is 5.71. The Morgan fingerprint density at radius 1 is 1.54 bits per heavy atom. The van der Waals surface area contributed by atoms with E-state index in [0.717, 1.165) is 12.8 Å². The van der Waals surface area contributed by atoms with E-state index in [0.29, 0.717) is 13.2 Å². The van der Waals surface area contributed by atoms with Gasteiger partial charge in [0.25, 0.3) is 0 Å². The number of cyclic esters (lactones) is 1. The Bertz CT molecular complexity index is 227. The highest BCUT2D eigenvalue weighted by Crippen LogP contribution is 2.01. The van der Waals surface area contributed by atoms with Gasteiger partial charge in [-0.3, -0.25) is 0 Å². The molecule has 13 heavy (non-hydrogen) atoms. The third-order valence-corrected chi connectivity index (χ3v) is 1.88. The fourth-order valence-electron chi connectivity index (χ4n) is 1.11. The van der Waals surface area contributed by atoms with Crippen LogP contribution in [0.5, 0.6) is 0 Å². The molecule has 1 amide bonds. The average molecular weight is 181 g/mol. The quantitative estimate of drug-likeness (QED) is 0.492. The van der Waals surface area contributed by atoms with E-state index in [2.05, 4.69) is 18.9 Å². The van der Waals surface area contributed by atoms with E-state index in [-0.39, 0.29) is 6.09 Å². The van der Waals surface area contributed by atoms with Gasteiger partial charge in [-0.1, -0.05) is 25.7 Å². The average Bonchev–Trinajstić information content (AvgIpc) is 2.52. The van der Waals surface area contributed by atoms with E-state index in [4.69, 9.17) is 4.74 Å². The van der Waals surface area contributed by atoms with E-state index in [1.807, 2.05) is 0 Å². The van der Waals surface area contributed by atoms with Crippen LogP contribution in [0.15, 0.2) is 0 Å². The van der Waals surface area contributed by atoms with Crippen molar-refractivity contribution >= 4 is 6.09 Å².